The van der Waals surface area contributed by atoms with Gasteiger partial charge in [-0.3, -0.25) is 4.79 Å². The third-order valence-electron chi connectivity index (χ3n) is 2.50. The zero-order valence-corrected chi connectivity index (χ0v) is 10.9. The summed E-state index contributed by atoms with van der Waals surface area (Å²) in [5.41, 5.74) is 0. The topological polar surface area (TPSA) is 38.8 Å². The summed E-state index contributed by atoms with van der Waals surface area (Å²) in [7, 11) is 1.57. The number of amides is 1. The van der Waals surface area contributed by atoms with Crippen molar-refractivity contribution >= 4 is 5.91 Å². The highest BCUT2D eigenvalue weighted by Crippen LogP contribution is 2.25. The summed E-state index contributed by atoms with van der Waals surface area (Å²) < 4.78 is 10.6. The molecule has 0 heterocycles. The van der Waals surface area contributed by atoms with Crippen LogP contribution in [0.2, 0.25) is 0 Å². The van der Waals surface area contributed by atoms with Crippen molar-refractivity contribution in [1.82, 2.24) is 4.90 Å². The maximum absolute atomic E-state index is 11.8. The number of carbonyl (C=O) groups excluding carboxylic acids is 1. The van der Waals surface area contributed by atoms with E-state index in [1.54, 1.807) is 30.2 Å². The van der Waals surface area contributed by atoms with E-state index < -0.39 is 0 Å². The fourth-order valence-electron chi connectivity index (χ4n) is 1.53. The first-order chi connectivity index (χ1) is 8.72. The van der Waals surface area contributed by atoms with E-state index in [2.05, 4.69) is 6.58 Å². The van der Waals surface area contributed by atoms with Crippen LogP contribution in [-0.2, 0) is 4.79 Å². The predicted octanol–water partition coefficient (Wildman–Crippen LogP) is 2.11. The number of likely N-dealkylation sites (N-methyl/N-ethyl adjacent to an activating group) is 1. The van der Waals surface area contributed by atoms with Crippen LogP contribution < -0.4 is 9.47 Å². The summed E-state index contributed by atoms with van der Waals surface area (Å²) in [4.78, 5) is 13.5. The Hall–Kier alpha value is -1.97. The Labute approximate surface area is 108 Å². The standard InChI is InChI=1S/C14H19NO3/c1-4-10-15(5-2)14(16)11-18-13-9-7-6-8-12(13)17-3/h4,6-9H,1,5,10-11H2,2-3H3. The molecule has 0 fully saturated rings. The zero-order valence-electron chi connectivity index (χ0n) is 10.9. The van der Waals surface area contributed by atoms with Crippen LogP contribution in [0.15, 0.2) is 36.9 Å². The van der Waals surface area contributed by atoms with Gasteiger partial charge in [0.1, 0.15) is 0 Å². The van der Waals surface area contributed by atoms with E-state index in [1.165, 1.54) is 0 Å². The normalized spacial score (nSPS) is 9.67. The van der Waals surface area contributed by atoms with E-state index in [-0.39, 0.29) is 12.5 Å². The van der Waals surface area contributed by atoms with Crippen molar-refractivity contribution in [2.45, 2.75) is 6.92 Å². The molecular formula is C14H19NO3. The van der Waals surface area contributed by atoms with Crippen LogP contribution in [0.5, 0.6) is 11.5 Å². The van der Waals surface area contributed by atoms with Crippen LogP contribution in [0, 0.1) is 0 Å². The summed E-state index contributed by atoms with van der Waals surface area (Å²) in [6, 6.07) is 7.25. The lowest BCUT2D eigenvalue weighted by Crippen LogP contribution is -2.34. The Morgan fingerprint density at radius 3 is 2.61 bits per heavy atom. The third kappa shape index (κ3) is 3.80. The first-order valence-electron chi connectivity index (χ1n) is 5.87. The van der Waals surface area contributed by atoms with Crippen LogP contribution in [0.3, 0.4) is 0 Å². The van der Waals surface area contributed by atoms with Crippen molar-refractivity contribution in [3.63, 3.8) is 0 Å². The van der Waals surface area contributed by atoms with Gasteiger partial charge >= 0.3 is 0 Å². The van der Waals surface area contributed by atoms with E-state index in [0.29, 0.717) is 24.6 Å². The van der Waals surface area contributed by atoms with E-state index >= 15 is 0 Å². The maximum atomic E-state index is 11.8. The van der Waals surface area contributed by atoms with Gasteiger partial charge in [-0.05, 0) is 19.1 Å². The molecule has 0 aliphatic carbocycles. The molecule has 4 heteroatoms. The first kappa shape index (κ1) is 14.1. The van der Waals surface area contributed by atoms with Gasteiger partial charge < -0.3 is 14.4 Å². The molecule has 0 N–H and O–H groups in total. The van der Waals surface area contributed by atoms with Gasteiger partial charge in [0.25, 0.3) is 5.91 Å². The van der Waals surface area contributed by atoms with Crippen molar-refractivity contribution < 1.29 is 14.3 Å². The van der Waals surface area contributed by atoms with Crippen molar-refractivity contribution in [2.24, 2.45) is 0 Å². The molecule has 0 saturated carbocycles. The number of rotatable bonds is 7. The molecule has 1 rings (SSSR count). The van der Waals surface area contributed by atoms with Crippen LogP contribution in [0.4, 0.5) is 0 Å². The van der Waals surface area contributed by atoms with Gasteiger partial charge in [-0.2, -0.15) is 0 Å². The summed E-state index contributed by atoms with van der Waals surface area (Å²) in [5, 5.41) is 0. The van der Waals surface area contributed by atoms with Crippen LogP contribution >= 0.6 is 0 Å². The third-order valence-corrected chi connectivity index (χ3v) is 2.50. The Kier molecular flexibility index (Phi) is 5.77. The second-order valence-corrected chi connectivity index (χ2v) is 3.66. The molecule has 0 unspecified atom stereocenters. The molecule has 0 saturated heterocycles. The lowest BCUT2D eigenvalue weighted by atomic mass is 10.3. The number of benzene rings is 1. The fourth-order valence-corrected chi connectivity index (χ4v) is 1.53. The zero-order chi connectivity index (χ0) is 13.4. The second kappa shape index (κ2) is 7.37. The average Bonchev–Trinajstić information content (AvgIpc) is 2.42. The Bertz CT molecular complexity index is 404. The number of methoxy groups -OCH3 is 1. The number of carbonyl (C=O) groups is 1. The molecule has 1 amide bonds. The molecule has 4 nitrogen and oxygen atoms in total. The molecule has 0 aliphatic heterocycles. The molecule has 0 aromatic heterocycles. The lowest BCUT2D eigenvalue weighted by Gasteiger charge is -2.19. The lowest BCUT2D eigenvalue weighted by molar-refractivity contribution is -0.132. The summed E-state index contributed by atoms with van der Waals surface area (Å²) >= 11 is 0. The Morgan fingerprint density at radius 1 is 1.39 bits per heavy atom. The van der Waals surface area contributed by atoms with Gasteiger partial charge in [0.2, 0.25) is 0 Å². The largest absolute Gasteiger partial charge is 0.493 e. The molecule has 98 valence electrons. The Morgan fingerprint density at radius 2 is 2.06 bits per heavy atom. The molecular weight excluding hydrogens is 230 g/mol. The number of hydrogen-bond acceptors (Lipinski definition) is 3. The number of para-hydroxylation sites is 2. The fraction of sp³-hybridized carbons (Fsp3) is 0.357. The Balaban J connectivity index is 2.58. The summed E-state index contributed by atoms with van der Waals surface area (Å²) in [6.45, 7) is 6.72. The highest BCUT2D eigenvalue weighted by atomic mass is 16.5. The molecule has 1 aromatic carbocycles. The molecule has 0 aliphatic rings. The minimum Gasteiger partial charge on any atom is -0.493 e. The van der Waals surface area contributed by atoms with Crippen LogP contribution in [-0.4, -0.2) is 37.6 Å². The molecule has 18 heavy (non-hydrogen) atoms. The minimum absolute atomic E-state index is 0.00204. The van der Waals surface area contributed by atoms with Gasteiger partial charge in [0, 0.05) is 13.1 Å². The van der Waals surface area contributed by atoms with Gasteiger partial charge in [-0.25, -0.2) is 0 Å². The van der Waals surface area contributed by atoms with Gasteiger partial charge in [-0.1, -0.05) is 18.2 Å². The number of hydrogen-bond donors (Lipinski definition) is 0. The molecule has 0 atom stereocenters. The van der Waals surface area contributed by atoms with E-state index in [9.17, 15) is 4.79 Å². The monoisotopic (exact) mass is 249 g/mol. The second-order valence-electron chi connectivity index (χ2n) is 3.66. The van der Waals surface area contributed by atoms with Crippen molar-refractivity contribution in [3.05, 3.63) is 36.9 Å². The minimum atomic E-state index is -0.0664. The summed E-state index contributed by atoms with van der Waals surface area (Å²) in [6.07, 6.45) is 1.70. The van der Waals surface area contributed by atoms with Crippen LogP contribution in [0.1, 0.15) is 6.92 Å². The summed E-state index contributed by atoms with van der Waals surface area (Å²) in [5.74, 6) is 1.13. The molecule has 0 bridgehead atoms. The van der Waals surface area contributed by atoms with Gasteiger partial charge in [-0.15, -0.1) is 6.58 Å². The van der Waals surface area contributed by atoms with Crippen LogP contribution in [0.25, 0.3) is 0 Å². The highest BCUT2D eigenvalue weighted by Gasteiger charge is 2.12. The smallest absolute Gasteiger partial charge is 0.260 e. The quantitative estimate of drug-likeness (QED) is 0.695. The predicted molar refractivity (Wildman–Crippen MR) is 70.9 cm³/mol. The van der Waals surface area contributed by atoms with Crippen molar-refractivity contribution in [3.8, 4) is 11.5 Å². The van der Waals surface area contributed by atoms with Gasteiger partial charge in [0.05, 0.1) is 7.11 Å². The first-order valence-corrected chi connectivity index (χ1v) is 5.87. The highest BCUT2D eigenvalue weighted by molar-refractivity contribution is 5.78. The van der Waals surface area contributed by atoms with Crippen molar-refractivity contribution in [2.75, 3.05) is 26.8 Å². The van der Waals surface area contributed by atoms with E-state index in [0.717, 1.165) is 0 Å². The number of nitrogens with zero attached hydrogens (tertiary/aromatic N) is 1. The molecule has 1 aromatic rings. The molecule has 0 spiro atoms. The van der Waals surface area contributed by atoms with E-state index in [1.807, 2.05) is 19.1 Å². The van der Waals surface area contributed by atoms with E-state index in [4.69, 9.17) is 9.47 Å². The molecule has 0 radical (unpaired) electrons. The maximum Gasteiger partial charge on any atom is 0.260 e. The average molecular weight is 249 g/mol. The number of ether oxygens (including phenoxy) is 2. The van der Waals surface area contributed by atoms with Crippen molar-refractivity contribution in [1.29, 1.82) is 0 Å². The van der Waals surface area contributed by atoms with Gasteiger partial charge in [0.15, 0.2) is 18.1 Å². The SMILES string of the molecule is C=CCN(CC)C(=O)COc1ccccc1OC.